The van der Waals surface area contributed by atoms with E-state index in [9.17, 15) is 9.59 Å². The molecular weight excluding hydrogens is 776 g/mol. The number of piperidine rings is 2. The molecule has 6 fully saturated rings. The Balaban J connectivity index is 0.000000179. The van der Waals surface area contributed by atoms with Crippen molar-refractivity contribution in [3.63, 3.8) is 0 Å². The zero-order valence-corrected chi connectivity index (χ0v) is 35.2. The highest BCUT2D eigenvalue weighted by molar-refractivity contribution is 9.10. The highest BCUT2D eigenvalue weighted by Gasteiger charge is 2.45. The summed E-state index contributed by atoms with van der Waals surface area (Å²) in [5, 5.41) is 2.43. The number of likely N-dealkylation sites (tertiary alicyclic amines) is 2. The molecule has 2 amide bonds. The molecule has 6 atom stereocenters. The number of nitrogens with zero attached hydrogens (tertiary/aromatic N) is 5. The zero-order chi connectivity index (χ0) is 37.8. The highest BCUT2D eigenvalue weighted by atomic mass is 79.9. The molecule has 0 spiro atoms. The van der Waals surface area contributed by atoms with Gasteiger partial charge in [-0.25, -0.2) is 9.59 Å². The van der Waals surface area contributed by atoms with Crippen molar-refractivity contribution in [1.29, 1.82) is 0 Å². The average molecular weight is 836 g/mol. The van der Waals surface area contributed by atoms with Gasteiger partial charge in [-0.3, -0.25) is 9.97 Å². The number of fused-ring (bicyclic) bond motifs is 2. The smallest absolute Gasteiger partial charge is 0.410 e. The normalized spacial score (nSPS) is 26.2. The number of pyridine rings is 2. The van der Waals surface area contributed by atoms with Crippen molar-refractivity contribution >= 4 is 33.8 Å². The van der Waals surface area contributed by atoms with Crippen LogP contribution in [0.1, 0.15) is 80.1 Å². The van der Waals surface area contributed by atoms with Gasteiger partial charge in [0.1, 0.15) is 35.9 Å². The van der Waals surface area contributed by atoms with Gasteiger partial charge in [0.15, 0.2) is 0 Å². The zero-order valence-electron chi connectivity index (χ0n) is 32.8. The molecule has 4 aliphatic heterocycles. The molecule has 2 aliphatic carbocycles. The first-order valence-corrected chi connectivity index (χ1v) is 20.4. The Hall–Kier alpha value is -3.03. The van der Waals surface area contributed by atoms with Gasteiger partial charge in [0.05, 0.1) is 49.5 Å². The van der Waals surface area contributed by atoms with Crippen molar-refractivity contribution in [3.8, 4) is 11.5 Å². The number of ether oxygens (including phenoxy) is 4. The summed E-state index contributed by atoms with van der Waals surface area (Å²) in [5.74, 6) is 5.57. The van der Waals surface area contributed by atoms with E-state index in [1.807, 2.05) is 53.8 Å². The SMILES string of the molecule is C1[NH2+]CC2CC12.CC(C)(C)OC(=O)N1CCC[C@H]1COc1cncc(Br)c1.CC(C)(C)OC(=O)N1CCC[C@H]1COc1cncc(N2CC3CC3C2)c1.[Cl-]. The lowest BCUT2D eigenvalue weighted by Gasteiger charge is -2.28. The second kappa shape index (κ2) is 18.3. The van der Waals surface area contributed by atoms with E-state index in [1.165, 1.54) is 19.5 Å². The van der Waals surface area contributed by atoms with E-state index in [2.05, 4.69) is 42.2 Å². The van der Waals surface area contributed by atoms with Crippen molar-refractivity contribution in [1.82, 2.24) is 19.8 Å². The van der Waals surface area contributed by atoms with Crippen LogP contribution in [-0.4, -0.2) is 108 Å². The molecule has 6 aliphatic rings. The Morgan fingerprint density at radius 2 is 1.22 bits per heavy atom. The maximum Gasteiger partial charge on any atom is 0.410 e. The number of nitrogens with two attached hydrogens (primary N) is 1. The first kappa shape index (κ1) is 42.1. The van der Waals surface area contributed by atoms with Gasteiger partial charge >= 0.3 is 12.2 Å². The maximum atomic E-state index is 12.4. The molecule has 0 aromatic carbocycles. The van der Waals surface area contributed by atoms with Crippen molar-refractivity contribution in [3.05, 3.63) is 41.4 Å². The standard InChI is InChI=1S/C20H29N3O3.C15H21BrN2O3.C5H9N.ClH/c1-20(2,3)26-19(24)23-6-4-5-16(23)13-25-18-8-17(9-21-10-18)22-11-14-7-15(14)12-22;1-15(2,3)21-14(19)18-6-4-5-12(18)10-20-13-7-11(16)8-17-9-13;1-4-2-6-3-5(1)4;/h8-10,14-16H,4-7,11-13H2,1-3H3;7-9,12H,4-6,10H2,1-3H3;4-6H,1-3H2;1H/t14?,15?,16-;12-;;/m00../s1. The first-order valence-electron chi connectivity index (χ1n) is 19.6. The third-order valence-corrected chi connectivity index (χ3v) is 11.1. The fourth-order valence-corrected chi connectivity index (χ4v) is 8.02. The quantitative estimate of drug-likeness (QED) is 0.449. The minimum atomic E-state index is -0.473. The number of rotatable bonds is 7. The summed E-state index contributed by atoms with van der Waals surface area (Å²) >= 11 is 3.36. The number of quaternary nitrogens is 1. The molecule has 4 saturated heterocycles. The summed E-state index contributed by atoms with van der Waals surface area (Å²) in [4.78, 5) is 38.9. The van der Waals surface area contributed by atoms with E-state index in [4.69, 9.17) is 18.9 Å². The Morgan fingerprint density at radius 1 is 0.741 bits per heavy atom. The highest BCUT2D eigenvalue weighted by Crippen LogP contribution is 2.46. The van der Waals surface area contributed by atoms with Gasteiger partial charge in [-0.15, -0.1) is 0 Å². The van der Waals surface area contributed by atoms with Gasteiger partial charge in [-0.2, -0.15) is 0 Å². The van der Waals surface area contributed by atoms with E-state index in [0.29, 0.717) is 19.0 Å². The molecule has 2 N–H and O–H groups in total. The number of amides is 2. The topological polar surface area (TPSA) is 123 Å². The van der Waals surface area contributed by atoms with Gasteiger partial charge in [0.25, 0.3) is 0 Å². The van der Waals surface area contributed by atoms with Crippen LogP contribution >= 0.6 is 15.9 Å². The van der Waals surface area contributed by atoms with Gasteiger partial charge < -0.3 is 51.4 Å². The molecule has 12 nitrogen and oxygen atoms in total. The van der Waals surface area contributed by atoms with Crippen LogP contribution in [0.5, 0.6) is 11.5 Å². The van der Waals surface area contributed by atoms with Crippen LogP contribution in [0.25, 0.3) is 0 Å². The Morgan fingerprint density at radius 3 is 1.67 bits per heavy atom. The van der Waals surface area contributed by atoms with Gasteiger partial charge in [-0.1, -0.05) is 0 Å². The largest absolute Gasteiger partial charge is 1.00 e. The predicted molar refractivity (Wildman–Crippen MR) is 206 cm³/mol. The summed E-state index contributed by atoms with van der Waals surface area (Å²) in [5.41, 5.74) is 0.198. The molecule has 0 bridgehead atoms. The van der Waals surface area contributed by atoms with Crippen molar-refractivity contribution in [2.75, 3.05) is 57.4 Å². The van der Waals surface area contributed by atoms with Crippen LogP contribution in [0.3, 0.4) is 0 Å². The van der Waals surface area contributed by atoms with Crippen LogP contribution in [0.4, 0.5) is 15.3 Å². The summed E-state index contributed by atoms with van der Waals surface area (Å²) < 4.78 is 23.6. The van der Waals surface area contributed by atoms with Crippen LogP contribution < -0.4 is 32.1 Å². The second-order valence-electron chi connectivity index (χ2n) is 17.5. The fraction of sp³-hybridized carbons (Fsp3) is 0.700. The molecule has 54 heavy (non-hydrogen) atoms. The van der Waals surface area contributed by atoms with Crippen molar-refractivity contribution in [2.45, 2.75) is 103 Å². The lowest BCUT2D eigenvalue weighted by molar-refractivity contribution is -0.644. The van der Waals surface area contributed by atoms with Crippen molar-refractivity contribution < 1.29 is 46.3 Å². The predicted octanol–water partition coefficient (Wildman–Crippen LogP) is 3.14. The summed E-state index contributed by atoms with van der Waals surface area (Å²) in [6.07, 6.45) is 13.3. The number of aromatic nitrogens is 2. The maximum absolute atomic E-state index is 12.4. The summed E-state index contributed by atoms with van der Waals surface area (Å²) in [6.45, 7) is 18.9. The fourth-order valence-electron chi connectivity index (χ4n) is 7.68. The monoisotopic (exact) mass is 834 g/mol. The van der Waals surface area contributed by atoms with E-state index in [-0.39, 0.29) is 36.7 Å². The van der Waals surface area contributed by atoms with E-state index < -0.39 is 11.2 Å². The number of anilines is 1. The number of carbonyl (C=O) groups is 2. The summed E-state index contributed by atoms with van der Waals surface area (Å²) in [7, 11) is 0. The Bertz CT molecular complexity index is 1540. The third-order valence-electron chi connectivity index (χ3n) is 10.6. The third kappa shape index (κ3) is 12.5. The van der Waals surface area contributed by atoms with Crippen LogP contribution in [-0.2, 0) is 9.47 Å². The minimum Gasteiger partial charge on any atom is -1.00 e. The summed E-state index contributed by atoms with van der Waals surface area (Å²) in [6, 6.07) is 4.05. The molecule has 300 valence electrons. The lowest BCUT2D eigenvalue weighted by Crippen LogP contribution is -3.00. The molecule has 0 radical (unpaired) electrons. The molecule has 6 heterocycles. The first-order chi connectivity index (χ1) is 25.2. The number of hydrogen-bond donors (Lipinski definition) is 1. The number of halogens is 2. The van der Waals surface area contributed by atoms with Crippen LogP contribution in [0, 0.1) is 23.7 Å². The Kier molecular flexibility index (Phi) is 14.3. The van der Waals surface area contributed by atoms with Gasteiger partial charge in [0, 0.05) is 54.8 Å². The Labute approximate surface area is 335 Å². The van der Waals surface area contributed by atoms with E-state index in [0.717, 1.165) is 91.4 Å². The van der Waals surface area contributed by atoms with E-state index >= 15 is 0 Å². The minimum absolute atomic E-state index is 0. The second-order valence-corrected chi connectivity index (χ2v) is 18.4. The average Bonchev–Trinajstić information content (AvgIpc) is 3.62. The molecule has 4 unspecified atom stereocenters. The molecular formula is C40H60BrClN6O6. The van der Waals surface area contributed by atoms with Crippen LogP contribution in [0.2, 0.25) is 0 Å². The van der Waals surface area contributed by atoms with Crippen LogP contribution in [0.15, 0.2) is 41.4 Å². The van der Waals surface area contributed by atoms with Crippen molar-refractivity contribution in [2.24, 2.45) is 23.7 Å². The molecule has 2 saturated carbocycles. The van der Waals surface area contributed by atoms with Gasteiger partial charge in [0.2, 0.25) is 0 Å². The molecule has 14 heteroatoms. The molecule has 8 rings (SSSR count). The lowest BCUT2D eigenvalue weighted by atomic mass is 10.2. The van der Waals surface area contributed by atoms with Gasteiger partial charge in [-0.05, 0) is 114 Å². The number of hydrogen-bond acceptors (Lipinski definition) is 9. The molecule has 2 aromatic rings. The number of carbonyl (C=O) groups excluding carboxylic acids is 2. The molecule has 2 aromatic heterocycles. The van der Waals surface area contributed by atoms with E-state index in [1.54, 1.807) is 34.8 Å².